The van der Waals surface area contributed by atoms with E-state index >= 15 is 0 Å². The minimum absolute atomic E-state index is 0.839. The Bertz CT molecular complexity index is 731. The summed E-state index contributed by atoms with van der Waals surface area (Å²) >= 11 is 1.70. The molecule has 0 radical (unpaired) electrons. The van der Waals surface area contributed by atoms with Crippen LogP contribution in [0.15, 0.2) is 47.6 Å². The van der Waals surface area contributed by atoms with Crippen LogP contribution in [0.5, 0.6) is 0 Å². The molecule has 1 aromatic heterocycles. The first-order chi connectivity index (χ1) is 10.8. The number of nitrogen functional groups attached to an aromatic ring is 1. The van der Waals surface area contributed by atoms with Crippen molar-refractivity contribution in [3.05, 3.63) is 53.6 Å². The van der Waals surface area contributed by atoms with Crippen LogP contribution in [0, 0.1) is 0 Å². The molecule has 0 spiro atoms. The highest BCUT2D eigenvalue weighted by Crippen LogP contribution is 2.26. The van der Waals surface area contributed by atoms with Crippen LogP contribution in [0.2, 0.25) is 0 Å². The number of benzene rings is 2. The van der Waals surface area contributed by atoms with Crippen molar-refractivity contribution in [3.8, 4) is 0 Å². The molecule has 0 saturated carbocycles. The van der Waals surface area contributed by atoms with E-state index in [4.69, 9.17) is 5.73 Å². The highest BCUT2D eigenvalue weighted by molar-refractivity contribution is 7.98. The topological polar surface area (TPSA) is 54.7 Å². The van der Waals surface area contributed by atoms with E-state index in [-0.39, 0.29) is 0 Å². The molecule has 4 heteroatoms. The van der Waals surface area contributed by atoms with Crippen LogP contribution in [0.3, 0.4) is 0 Å². The molecule has 0 bridgehead atoms. The minimum atomic E-state index is 0.839. The fourth-order valence-corrected chi connectivity index (χ4v) is 3.35. The molecule has 0 saturated heterocycles. The summed E-state index contributed by atoms with van der Waals surface area (Å²) in [6, 6.07) is 14.5. The number of hydrogen-bond donors (Lipinski definition) is 2. The van der Waals surface area contributed by atoms with Gasteiger partial charge in [0.1, 0.15) is 0 Å². The van der Waals surface area contributed by atoms with Gasteiger partial charge in [0.25, 0.3) is 0 Å². The smallest absolute Gasteiger partial charge is 0.166 e. The van der Waals surface area contributed by atoms with Gasteiger partial charge in [0.2, 0.25) is 0 Å². The van der Waals surface area contributed by atoms with Crippen LogP contribution in [0.4, 0.5) is 5.69 Å². The first kappa shape index (κ1) is 15.0. The lowest BCUT2D eigenvalue weighted by atomic mass is 10.0. The van der Waals surface area contributed by atoms with Crippen molar-refractivity contribution in [2.75, 3.05) is 5.73 Å². The van der Waals surface area contributed by atoms with Gasteiger partial charge in [-0.15, -0.1) is 0 Å². The predicted molar refractivity (Wildman–Crippen MR) is 95.1 cm³/mol. The lowest BCUT2D eigenvalue weighted by molar-refractivity contribution is 0.794. The van der Waals surface area contributed by atoms with E-state index in [0.717, 1.165) is 34.1 Å². The molecular weight excluding hydrogens is 290 g/mol. The Morgan fingerprint density at radius 2 is 2.05 bits per heavy atom. The number of thioether (sulfide) groups is 1. The summed E-state index contributed by atoms with van der Waals surface area (Å²) in [5.41, 5.74) is 11.6. The molecule has 114 valence electrons. The number of nitrogens with one attached hydrogen (secondary N) is 1. The number of aromatic amines is 1. The number of nitrogens with two attached hydrogens (primary N) is 1. The average Bonchev–Trinajstić information content (AvgIpc) is 2.95. The molecule has 0 aliphatic carbocycles. The van der Waals surface area contributed by atoms with Crippen molar-refractivity contribution in [2.24, 2.45) is 0 Å². The van der Waals surface area contributed by atoms with Gasteiger partial charge >= 0.3 is 0 Å². The second kappa shape index (κ2) is 6.88. The molecule has 0 aliphatic heterocycles. The number of hydrogen-bond acceptors (Lipinski definition) is 3. The first-order valence-corrected chi connectivity index (χ1v) is 8.69. The molecule has 0 fully saturated rings. The second-order valence-corrected chi connectivity index (χ2v) is 6.45. The minimum Gasteiger partial charge on any atom is -0.398 e. The van der Waals surface area contributed by atoms with Crippen LogP contribution >= 0.6 is 11.8 Å². The Kier molecular flexibility index (Phi) is 4.68. The predicted octanol–water partition coefficient (Wildman–Crippen LogP) is 4.78. The van der Waals surface area contributed by atoms with Crippen molar-refractivity contribution < 1.29 is 0 Å². The molecule has 0 amide bonds. The normalized spacial score (nSPS) is 11.1. The fourth-order valence-electron chi connectivity index (χ4n) is 2.46. The Hall–Kier alpha value is -1.94. The zero-order valence-electron chi connectivity index (χ0n) is 12.8. The molecule has 3 N–H and O–H groups in total. The number of imidazole rings is 1. The molecule has 2 aromatic carbocycles. The third-order valence-corrected chi connectivity index (χ3v) is 4.68. The summed E-state index contributed by atoms with van der Waals surface area (Å²) in [5.74, 6) is 0.839. The summed E-state index contributed by atoms with van der Waals surface area (Å²) in [6.07, 6.45) is 3.56. The Labute approximate surface area is 135 Å². The van der Waals surface area contributed by atoms with Crippen LogP contribution in [-0.4, -0.2) is 9.97 Å². The van der Waals surface area contributed by atoms with E-state index in [1.807, 2.05) is 30.3 Å². The molecular formula is C18H21N3S. The number of nitrogens with zero attached hydrogens (tertiary/aromatic N) is 1. The van der Waals surface area contributed by atoms with E-state index < -0.39 is 0 Å². The lowest BCUT2D eigenvalue weighted by Gasteiger charge is -2.07. The zero-order valence-corrected chi connectivity index (χ0v) is 13.6. The van der Waals surface area contributed by atoms with E-state index in [1.165, 1.54) is 24.0 Å². The van der Waals surface area contributed by atoms with E-state index in [9.17, 15) is 0 Å². The molecule has 0 aliphatic rings. The number of fused-ring (bicyclic) bond motifs is 1. The van der Waals surface area contributed by atoms with Crippen LogP contribution in [0.1, 0.15) is 30.9 Å². The summed E-state index contributed by atoms with van der Waals surface area (Å²) < 4.78 is 0. The maximum absolute atomic E-state index is 6.11. The van der Waals surface area contributed by atoms with E-state index in [1.54, 1.807) is 11.8 Å². The van der Waals surface area contributed by atoms with Gasteiger partial charge in [-0.05, 0) is 42.2 Å². The number of rotatable bonds is 6. The Morgan fingerprint density at radius 3 is 2.86 bits per heavy atom. The molecule has 3 nitrogen and oxygen atoms in total. The highest BCUT2D eigenvalue weighted by Gasteiger charge is 2.06. The zero-order chi connectivity index (χ0) is 15.4. The maximum Gasteiger partial charge on any atom is 0.166 e. The lowest BCUT2D eigenvalue weighted by Crippen LogP contribution is -1.95. The van der Waals surface area contributed by atoms with Crippen molar-refractivity contribution >= 4 is 28.5 Å². The summed E-state index contributed by atoms with van der Waals surface area (Å²) in [4.78, 5) is 7.94. The number of anilines is 1. The Morgan fingerprint density at radius 1 is 1.18 bits per heavy atom. The third kappa shape index (κ3) is 3.45. The number of unbranched alkanes of at least 4 members (excludes halogenated alkanes) is 1. The van der Waals surface area contributed by atoms with Gasteiger partial charge in [-0.3, -0.25) is 0 Å². The average molecular weight is 311 g/mol. The van der Waals surface area contributed by atoms with Gasteiger partial charge in [-0.25, -0.2) is 4.98 Å². The number of H-pyrrole nitrogens is 1. The van der Waals surface area contributed by atoms with Gasteiger partial charge in [0.05, 0.1) is 11.0 Å². The maximum atomic E-state index is 6.11. The molecule has 0 unspecified atom stereocenters. The number of aromatic nitrogens is 2. The van der Waals surface area contributed by atoms with Gasteiger partial charge < -0.3 is 10.7 Å². The quantitative estimate of drug-likeness (QED) is 0.509. The molecule has 0 atom stereocenters. The number of aryl methyl sites for hydroxylation is 1. The highest BCUT2D eigenvalue weighted by atomic mass is 32.2. The second-order valence-electron chi connectivity index (χ2n) is 5.48. The van der Waals surface area contributed by atoms with Crippen LogP contribution in [0.25, 0.3) is 11.0 Å². The van der Waals surface area contributed by atoms with Crippen molar-refractivity contribution in [1.82, 2.24) is 9.97 Å². The van der Waals surface area contributed by atoms with Crippen LogP contribution < -0.4 is 5.73 Å². The van der Waals surface area contributed by atoms with Gasteiger partial charge in [-0.2, -0.15) is 0 Å². The number of para-hydroxylation sites is 2. The van der Waals surface area contributed by atoms with Crippen molar-refractivity contribution in [3.63, 3.8) is 0 Å². The third-order valence-electron chi connectivity index (χ3n) is 3.76. The van der Waals surface area contributed by atoms with Crippen molar-refractivity contribution in [2.45, 2.75) is 37.1 Å². The van der Waals surface area contributed by atoms with Gasteiger partial charge in [0, 0.05) is 11.4 Å². The summed E-state index contributed by atoms with van der Waals surface area (Å²) in [6.45, 7) is 2.22. The molecule has 3 aromatic rings. The van der Waals surface area contributed by atoms with E-state index in [2.05, 4.69) is 29.0 Å². The SMILES string of the molecule is CCCCc1ccc(N)c(CSc2nc3ccccc3[nH]2)c1. The monoisotopic (exact) mass is 311 g/mol. The fraction of sp³-hybridized carbons (Fsp3) is 0.278. The first-order valence-electron chi connectivity index (χ1n) is 7.71. The molecule has 3 rings (SSSR count). The van der Waals surface area contributed by atoms with Crippen LogP contribution in [-0.2, 0) is 12.2 Å². The van der Waals surface area contributed by atoms with E-state index in [0.29, 0.717) is 0 Å². The Balaban J connectivity index is 1.72. The van der Waals surface area contributed by atoms with Gasteiger partial charge in [0.15, 0.2) is 5.16 Å². The largest absolute Gasteiger partial charge is 0.398 e. The summed E-state index contributed by atoms with van der Waals surface area (Å²) in [7, 11) is 0. The molecule has 1 heterocycles. The van der Waals surface area contributed by atoms with Crippen molar-refractivity contribution in [1.29, 1.82) is 0 Å². The van der Waals surface area contributed by atoms with Gasteiger partial charge in [-0.1, -0.05) is 49.4 Å². The standard InChI is InChI=1S/C18H21N3S/c1-2-3-6-13-9-10-15(19)14(11-13)12-22-18-20-16-7-4-5-8-17(16)21-18/h4-5,7-11H,2-3,6,12,19H2,1H3,(H,20,21). The summed E-state index contributed by atoms with van der Waals surface area (Å²) in [5, 5.41) is 0.944. The molecule has 22 heavy (non-hydrogen) atoms.